The lowest BCUT2D eigenvalue weighted by atomic mass is 9.94. The van der Waals surface area contributed by atoms with E-state index in [0.717, 1.165) is 82.5 Å². The second kappa shape index (κ2) is 9.97. The van der Waals surface area contributed by atoms with E-state index in [9.17, 15) is 5.11 Å². The second-order valence-corrected chi connectivity index (χ2v) is 11.4. The third kappa shape index (κ3) is 4.11. The molecule has 0 fully saturated rings. The van der Waals surface area contributed by atoms with Crippen molar-refractivity contribution >= 4 is 54.3 Å². The lowest BCUT2D eigenvalue weighted by molar-refractivity contribution is 0.480. The number of nitrogens with zero attached hydrogens (tertiary/aromatic N) is 3. The summed E-state index contributed by atoms with van der Waals surface area (Å²) in [5.41, 5.74) is 8.11. The Labute approximate surface area is 258 Å². The molecule has 6 aromatic carbocycles. The van der Waals surface area contributed by atoms with E-state index in [-0.39, 0.29) is 5.75 Å². The van der Waals surface area contributed by atoms with Crippen LogP contribution in [0.5, 0.6) is 5.75 Å². The molecule has 3 aromatic heterocycles. The number of para-hydroxylation sites is 1. The van der Waals surface area contributed by atoms with Gasteiger partial charge in [0.25, 0.3) is 0 Å². The second-order valence-electron chi connectivity index (χ2n) is 11.4. The Morgan fingerprint density at radius 3 is 1.67 bits per heavy atom. The fraction of sp³-hybridized carbons (Fsp3) is 0. The number of hydrogen-bond acceptors (Lipinski definition) is 4. The van der Waals surface area contributed by atoms with E-state index in [4.69, 9.17) is 15.0 Å². The van der Waals surface area contributed by atoms with E-state index < -0.39 is 0 Å². The number of fused-ring (bicyclic) bond motifs is 8. The summed E-state index contributed by atoms with van der Waals surface area (Å²) in [6.07, 6.45) is 0. The molecule has 1 N–H and O–H groups in total. The van der Waals surface area contributed by atoms with Crippen molar-refractivity contribution in [2.45, 2.75) is 0 Å². The van der Waals surface area contributed by atoms with Gasteiger partial charge < -0.3 is 5.11 Å². The van der Waals surface area contributed by atoms with Crippen LogP contribution in [0, 0.1) is 0 Å². The molecule has 0 amide bonds. The van der Waals surface area contributed by atoms with Gasteiger partial charge in [-0.05, 0) is 29.0 Å². The molecule has 4 heteroatoms. The minimum Gasteiger partial charge on any atom is -0.506 e. The van der Waals surface area contributed by atoms with Gasteiger partial charge >= 0.3 is 0 Å². The zero-order valence-corrected chi connectivity index (χ0v) is 24.1. The first-order valence-electron chi connectivity index (χ1n) is 15.0. The van der Waals surface area contributed by atoms with Crippen molar-refractivity contribution < 1.29 is 5.11 Å². The quantitative estimate of drug-likeness (QED) is 0.213. The van der Waals surface area contributed by atoms with Gasteiger partial charge in [0, 0.05) is 43.6 Å². The number of rotatable bonds is 3. The van der Waals surface area contributed by atoms with Gasteiger partial charge in [-0.25, -0.2) is 15.0 Å². The molecule has 0 spiro atoms. The molecule has 0 saturated carbocycles. The summed E-state index contributed by atoms with van der Waals surface area (Å²) in [6, 6.07) is 49.5. The minimum atomic E-state index is 0.178. The number of aromatic nitrogens is 3. The van der Waals surface area contributed by atoms with Crippen LogP contribution in [0.25, 0.3) is 88.0 Å². The molecule has 0 saturated heterocycles. The van der Waals surface area contributed by atoms with E-state index >= 15 is 0 Å². The van der Waals surface area contributed by atoms with Gasteiger partial charge in [0.1, 0.15) is 11.3 Å². The molecule has 0 atom stereocenters. The summed E-state index contributed by atoms with van der Waals surface area (Å²) in [7, 11) is 0. The van der Waals surface area contributed by atoms with Crippen LogP contribution in [0.2, 0.25) is 0 Å². The molecule has 0 aliphatic rings. The highest BCUT2D eigenvalue weighted by atomic mass is 16.3. The fourth-order valence-electron chi connectivity index (χ4n) is 6.50. The van der Waals surface area contributed by atoms with E-state index in [1.807, 2.05) is 30.3 Å². The minimum absolute atomic E-state index is 0.178. The highest BCUT2D eigenvalue weighted by Crippen LogP contribution is 2.39. The van der Waals surface area contributed by atoms with Crippen LogP contribution in [-0.2, 0) is 0 Å². The average molecular weight is 576 g/mol. The first-order chi connectivity index (χ1) is 22.2. The summed E-state index contributed by atoms with van der Waals surface area (Å²) in [6.45, 7) is 0. The maximum atomic E-state index is 10.8. The van der Waals surface area contributed by atoms with E-state index in [0.29, 0.717) is 5.52 Å². The predicted octanol–water partition coefficient (Wildman–Crippen LogP) is 10.3. The van der Waals surface area contributed by atoms with Gasteiger partial charge in [-0.15, -0.1) is 0 Å². The first-order valence-corrected chi connectivity index (χ1v) is 15.0. The molecule has 3 heterocycles. The maximum Gasteiger partial charge on any atom is 0.141 e. The van der Waals surface area contributed by atoms with Crippen molar-refractivity contribution in [3.05, 3.63) is 146 Å². The number of phenolic OH excluding ortho intramolecular Hbond substituents is 1. The summed E-state index contributed by atoms with van der Waals surface area (Å²) >= 11 is 0. The zero-order valence-electron chi connectivity index (χ0n) is 24.1. The van der Waals surface area contributed by atoms with Gasteiger partial charge in [0.2, 0.25) is 0 Å². The summed E-state index contributed by atoms with van der Waals surface area (Å²) < 4.78 is 0. The lowest BCUT2D eigenvalue weighted by Gasteiger charge is -2.14. The third-order valence-corrected chi connectivity index (χ3v) is 8.74. The van der Waals surface area contributed by atoms with E-state index in [2.05, 4.69) is 109 Å². The molecule has 4 nitrogen and oxygen atoms in total. The normalized spacial score (nSPS) is 11.6. The lowest BCUT2D eigenvalue weighted by Crippen LogP contribution is -1.92. The van der Waals surface area contributed by atoms with Gasteiger partial charge in [-0.2, -0.15) is 0 Å². The van der Waals surface area contributed by atoms with Crippen LogP contribution in [0.1, 0.15) is 0 Å². The highest BCUT2D eigenvalue weighted by molar-refractivity contribution is 6.23. The van der Waals surface area contributed by atoms with Crippen molar-refractivity contribution in [3.63, 3.8) is 0 Å². The van der Waals surface area contributed by atoms with Crippen molar-refractivity contribution in [2.24, 2.45) is 0 Å². The van der Waals surface area contributed by atoms with Crippen molar-refractivity contribution in [2.75, 3.05) is 0 Å². The molecule has 0 aliphatic carbocycles. The van der Waals surface area contributed by atoms with Gasteiger partial charge in [-0.1, -0.05) is 127 Å². The molecule has 9 aromatic rings. The maximum absolute atomic E-state index is 10.8. The zero-order chi connectivity index (χ0) is 29.9. The Morgan fingerprint density at radius 1 is 0.356 bits per heavy atom. The topological polar surface area (TPSA) is 58.9 Å². The highest BCUT2D eigenvalue weighted by Gasteiger charge is 2.15. The fourth-order valence-corrected chi connectivity index (χ4v) is 6.50. The Morgan fingerprint density at radius 2 is 0.933 bits per heavy atom. The molecule has 0 bridgehead atoms. The predicted molar refractivity (Wildman–Crippen MR) is 185 cm³/mol. The van der Waals surface area contributed by atoms with Crippen LogP contribution in [0.15, 0.2) is 146 Å². The molecule has 0 aliphatic heterocycles. The summed E-state index contributed by atoms with van der Waals surface area (Å²) in [5.74, 6) is 0.178. The summed E-state index contributed by atoms with van der Waals surface area (Å²) in [4.78, 5) is 15.2. The number of benzene rings is 6. The Bertz CT molecular complexity index is 2590. The third-order valence-electron chi connectivity index (χ3n) is 8.74. The Hall–Kier alpha value is -6.13. The number of pyridine rings is 3. The van der Waals surface area contributed by atoms with E-state index in [1.54, 1.807) is 6.07 Å². The first kappa shape index (κ1) is 25.4. The number of phenols is 1. The number of aromatic hydroxyl groups is 1. The molecular weight excluding hydrogens is 550 g/mol. The monoisotopic (exact) mass is 575 g/mol. The van der Waals surface area contributed by atoms with Crippen LogP contribution in [0.4, 0.5) is 0 Å². The van der Waals surface area contributed by atoms with Crippen molar-refractivity contribution in [3.8, 4) is 39.5 Å². The van der Waals surface area contributed by atoms with Crippen LogP contribution >= 0.6 is 0 Å². The van der Waals surface area contributed by atoms with Gasteiger partial charge in [-0.3, -0.25) is 0 Å². The SMILES string of the molecule is Oc1cccc2c1nc(-c1ccc(-c3ccc4ccc5ccc(-c6ccccc6)nc5c4n3)cc1)c1ccc3ccccc3c12. The number of hydrogen-bond donors (Lipinski definition) is 1. The average Bonchev–Trinajstić information content (AvgIpc) is 3.11. The molecule has 0 unspecified atom stereocenters. The van der Waals surface area contributed by atoms with Gasteiger partial charge in [0.05, 0.1) is 28.1 Å². The van der Waals surface area contributed by atoms with Crippen LogP contribution in [0.3, 0.4) is 0 Å². The van der Waals surface area contributed by atoms with Crippen LogP contribution < -0.4 is 0 Å². The van der Waals surface area contributed by atoms with Crippen molar-refractivity contribution in [1.82, 2.24) is 15.0 Å². The van der Waals surface area contributed by atoms with E-state index in [1.165, 1.54) is 0 Å². The smallest absolute Gasteiger partial charge is 0.141 e. The molecule has 210 valence electrons. The molecule has 45 heavy (non-hydrogen) atoms. The Kier molecular flexibility index (Phi) is 5.62. The van der Waals surface area contributed by atoms with Gasteiger partial charge in [0.15, 0.2) is 0 Å². The molecule has 0 radical (unpaired) electrons. The Balaban J connectivity index is 1.19. The standard InChI is InChI=1S/C41H25N3O/c45-36-12-6-11-32-37-31-10-5-4-7-25(31)19-22-33(37)38(44-41(32)36)28-15-13-27(14-16-28)35-24-21-30-18-17-29-20-23-34(26-8-2-1-3-9-26)42-39(29)40(30)43-35/h1-24,45H. The van der Waals surface area contributed by atoms with Crippen LogP contribution in [-0.4, -0.2) is 20.1 Å². The molecule has 9 rings (SSSR count). The summed E-state index contributed by atoms with van der Waals surface area (Å²) in [5, 5.41) is 18.3. The van der Waals surface area contributed by atoms with Crippen molar-refractivity contribution in [1.29, 1.82) is 0 Å². The molecular formula is C41H25N3O. The largest absolute Gasteiger partial charge is 0.506 e.